The second-order valence-corrected chi connectivity index (χ2v) is 8.14. The predicted octanol–water partition coefficient (Wildman–Crippen LogP) is 5.45. The highest BCUT2D eigenvalue weighted by Gasteiger charge is 2.24. The molecular weight excluding hydrogens is 401 g/mol. The molecule has 0 fully saturated rings. The normalized spacial score (nSPS) is 12.1. The van der Waals surface area contributed by atoms with E-state index in [0.29, 0.717) is 18.5 Å². The Morgan fingerprint density at radius 3 is 2.78 bits per heavy atom. The molecule has 4 rings (SSSR count). The standard InChI is InChI=1S/C27H28FN3O/c1-3-19-7-6-9-21-24(17-31-27(19)21)22(23-15-18(2)10-11-25(23)28)16-26(32)30-14-12-20-8-4-5-13-29-20/h4-11,13,15,17,22,31H,3,12,14,16H2,1-2H3,(H,30,32). The maximum Gasteiger partial charge on any atom is 0.220 e. The van der Waals surface area contributed by atoms with Gasteiger partial charge in [-0.15, -0.1) is 0 Å². The summed E-state index contributed by atoms with van der Waals surface area (Å²) in [7, 11) is 0. The Morgan fingerprint density at radius 2 is 2.00 bits per heavy atom. The van der Waals surface area contributed by atoms with Crippen LogP contribution in [-0.4, -0.2) is 22.4 Å². The fourth-order valence-corrected chi connectivity index (χ4v) is 4.27. The number of nitrogens with zero attached hydrogens (tertiary/aromatic N) is 1. The average Bonchev–Trinajstić information content (AvgIpc) is 3.24. The third kappa shape index (κ3) is 4.72. The topological polar surface area (TPSA) is 57.8 Å². The number of carbonyl (C=O) groups is 1. The molecule has 4 aromatic rings. The summed E-state index contributed by atoms with van der Waals surface area (Å²) in [6.45, 7) is 4.55. The zero-order chi connectivity index (χ0) is 22.5. The molecule has 4 nitrogen and oxygen atoms in total. The van der Waals surface area contributed by atoms with Crippen molar-refractivity contribution >= 4 is 16.8 Å². The van der Waals surface area contributed by atoms with Crippen LogP contribution >= 0.6 is 0 Å². The van der Waals surface area contributed by atoms with Gasteiger partial charge in [-0.3, -0.25) is 9.78 Å². The largest absolute Gasteiger partial charge is 0.361 e. The number of aromatic nitrogens is 2. The molecule has 0 saturated heterocycles. The summed E-state index contributed by atoms with van der Waals surface area (Å²) in [5.74, 6) is -0.777. The van der Waals surface area contributed by atoms with Gasteiger partial charge in [-0.1, -0.05) is 48.9 Å². The Kier molecular flexibility index (Phi) is 6.64. The van der Waals surface area contributed by atoms with Crippen molar-refractivity contribution in [3.05, 3.63) is 101 Å². The number of hydrogen-bond acceptors (Lipinski definition) is 2. The van der Waals surface area contributed by atoms with E-state index in [2.05, 4.69) is 28.3 Å². The predicted molar refractivity (Wildman–Crippen MR) is 126 cm³/mol. The van der Waals surface area contributed by atoms with Crippen LogP contribution in [0.4, 0.5) is 4.39 Å². The first-order valence-corrected chi connectivity index (χ1v) is 11.1. The van der Waals surface area contributed by atoms with E-state index in [-0.39, 0.29) is 24.1 Å². The number of aromatic amines is 1. The number of carbonyl (C=O) groups excluding carboxylic acids is 1. The number of rotatable bonds is 8. The summed E-state index contributed by atoms with van der Waals surface area (Å²) in [5, 5.41) is 4.02. The number of fused-ring (bicyclic) bond motifs is 1. The summed E-state index contributed by atoms with van der Waals surface area (Å²) in [6.07, 6.45) is 5.40. The summed E-state index contributed by atoms with van der Waals surface area (Å²) >= 11 is 0. The van der Waals surface area contributed by atoms with Crippen LogP contribution in [0, 0.1) is 12.7 Å². The van der Waals surface area contributed by atoms with Crippen molar-refractivity contribution in [2.45, 2.75) is 39.0 Å². The molecule has 0 radical (unpaired) electrons. The number of amides is 1. The summed E-state index contributed by atoms with van der Waals surface area (Å²) in [6, 6.07) is 17.0. The quantitative estimate of drug-likeness (QED) is 0.391. The lowest BCUT2D eigenvalue weighted by molar-refractivity contribution is -0.121. The highest BCUT2D eigenvalue weighted by Crippen LogP contribution is 2.36. The van der Waals surface area contributed by atoms with Crippen molar-refractivity contribution in [3.8, 4) is 0 Å². The van der Waals surface area contributed by atoms with Crippen molar-refractivity contribution in [1.82, 2.24) is 15.3 Å². The fourth-order valence-electron chi connectivity index (χ4n) is 4.27. The molecule has 0 spiro atoms. The van der Waals surface area contributed by atoms with E-state index in [4.69, 9.17) is 0 Å². The SMILES string of the molecule is CCc1cccc2c(C(CC(=O)NCCc3ccccn3)c3cc(C)ccc3F)c[nH]c12. The smallest absolute Gasteiger partial charge is 0.220 e. The van der Waals surface area contributed by atoms with Crippen molar-refractivity contribution in [1.29, 1.82) is 0 Å². The lowest BCUT2D eigenvalue weighted by atomic mass is 9.86. The highest BCUT2D eigenvalue weighted by molar-refractivity contribution is 5.88. The van der Waals surface area contributed by atoms with Gasteiger partial charge in [-0.2, -0.15) is 0 Å². The average molecular weight is 430 g/mol. The Balaban J connectivity index is 1.62. The maximum absolute atomic E-state index is 14.9. The number of pyridine rings is 1. The first kappa shape index (κ1) is 21.8. The molecule has 164 valence electrons. The van der Waals surface area contributed by atoms with Gasteiger partial charge in [0, 0.05) is 54.3 Å². The first-order chi connectivity index (χ1) is 15.6. The molecule has 0 saturated carbocycles. The number of halogens is 1. The molecule has 0 aliphatic heterocycles. The molecule has 2 heterocycles. The summed E-state index contributed by atoms with van der Waals surface area (Å²) in [5.41, 5.74) is 5.65. The van der Waals surface area contributed by atoms with E-state index < -0.39 is 0 Å². The molecule has 2 N–H and O–H groups in total. The maximum atomic E-state index is 14.9. The number of H-pyrrole nitrogens is 1. The Labute approximate surface area is 187 Å². The molecule has 1 amide bonds. The number of hydrogen-bond donors (Lipinski definition) is 2. The van der Waals surface area contributed by atoms with E-state index in [0.717, 1.165) is 34.1 Å². The molecule has 0 bridgehead atoms. The molecule has 2 aromatic carbocycles. The molecule has 32 heavy (non-hydrogen) atoms. The third-order valence-electron chi connectivity index (χ3n) is 5.94. The zero-order valence-electron chi connectivity index (χ0n) is 18.5. The second-order valence-electron chi connectivity index (χ2n) is 8.14. The van der Waals surface area contributed by atoms with Gasteiger partial charge >= 0.3 is 0 Å². The van der Waals surface area contributed by atoms with E-state index >= 15 is 0 Å². The molecule has 1 atom stereocenters. The van der Waals surface area contributed by atoms with Crippen molar-refractivity contribution in [2.24, 2.45) is 0 Å². The first-order valence-electron chi connectivity index (χ1n) is 11.1. The van der Waals surface area contributed by atoms with E-state index in [1.54, 1.807) is 12.3 Å². The fraction of sp³-hybridized carbons (Fsp3) is 0.259. The minimum absolute atomic E-state index is 0.104. The molecular formula is C27H28FN3O. The lowest BCUT2D eigenvalue weighted by Gasteiger charge is -2.19. The zero-order valence-corrected chi connectivity index (χ0v) is 18.5. The number of nitrogens with one attached hydrogen (secondary N) is 2. The van der Waals surface area contributed by atoms with E-state index in [1.165, 1.54) is 11.6 Å². The Bertz CT molecular complexity index is 1220. The lowest BCUT2D eigenvalue weighted by Crippen LogP contribution is -2.27. The number of para-hydroxylation sites is 1. The monoisotopic (exact) mass is 429 g/mol. The van der Waals surface area contributed by atoms with Gasteiger partial charge in [-0.05, 0) is 48.2 Å². The van der Waals surface area contributed by atoms with Crippen LogP contribution in [0.3, 0.4) is 0 Å². The van der Waals surface area contributed by atoms with Gasteiger partial charge in [0.15, 0.2) is 0 Å². The number of aryl methyl sites for hydroxylation is 2. The number of benzene rings is 2. The summed E-state index contributed by atoms with van der Waals surface area (Å²) < 4.78 is 14.9. The van der Waals surface area contributed by atoms with Gasteiger partial charge < -0.3 is 10.3 Å². The van der Waals surface area contributed by atoms with Crippen LogP contribution in [0.2, 0.25) is 0 Å². The molecule has 0 aliphatic carbocycles. The van der Waals surface area contributed by atoms with Crippen molar-refractivity contribution < 1.29 is 9.18 Å². The van der Waals surface area contributed by atoms with Crippen LogP contribution in [0.5, 0.6) is 0 Å². The second kappa shape index (κ2) is 9.77. The van der Waals surface area contributed by atoms with Crippen LogP contribution < -0.4 is 5.32 Å². The van der Waals surface area contributed by atoms with Gasteiger partial charge in [0.25, 0.3) is 0 Å². The van der Waals surface area contributed by atoms with Crippen molar-refractivity contribution in [3.63, 3.8) is 0 Å². The van der Waals surface area contributed by atoms with Crippen LogP contribution in [0.1, 0.15) is 47.2 Å². The minimum Gasteiger partial charge on any atom is -0.361 e. The molecule has 2 aromatic heterocycles. The van der Waals surface area contributed by atoms with Gasteiger partial charge in [0.2, 0.25) is 5.91 Å². The van der Waals surface area contributed by atoms with Crippen LogP contribution in [-0.2, 0) is 17.6 Å². The van der Waals surface area contributed by atoms with E-state index in [1.807, 2.05) is 49.5 Å². The third-order valence-corrected chi connectivity index (χ3v) is 5.94. The highest BCUT2D eigenvalue weighted by atomic mass is 19.1. The molecule has 5 heteroatoms. The minimum atomic E-state index is -0.384. The summed E-state index contributed by atoms with van der Waals surface area (Å²) in [4.78, 5) is 20.6. The van der Waals surface area contributed by atoms with Crippen LogP contribution in [0.15, 0.2) is 67.0 Å². The van der Waals surface area contributed by atoms with Crippen molar-refractivity contribution in [2.75, 3.05) is 6.54 Å². The molecule has 1 unspecified atom stereocenters. The van der Waals surface area contributed by atoms with Crippen LogP contribution in [0.25, 0.3) is 10.9 Å². The van der Waals surface area contributed by atoms with Gasteiger partial charge in [0.1, 0.15) is 5.82 Å². The Hall–Kier alpha value is -3.47. The molecule has 0 aliphatic rings. The van der Waals surface area contributed by atoms with Gasteiger partial charge in [-0.25, -0.2) is 4.39 Å². The Morgan fingerprint density at radius 1 is 1.12 bits per heavy atom. The van der Waals surface area contributed by atoms with E-state index in [9.17, 15) is 9.18 Å². The van der Waals surface area contributed by atoms with Gasteiger partial charge in [0.05, 0.1) is 0 Å².